The van der Waals surface area contributed by atoms with Crippen molar-refractivity contribution in [3.8, 4) is 12.0 Å². The van der Waals surface area contributed by atoms with Gasteiger partial charge in [-0.05, 0) is 37.0 Å². The molecule has 0 atom stereocenters. The summed E-state index contributed by atoms with van der Waals surface area (Å²) in [6.07, 6.45) is 1.01. The third kappa shape index (κ3) is 3.25. The largest absolute Gasteiger partial charge is 0.355 e. The highest BCUT2D eigenvalue weighted by Gasteiger charge is 2.17. The topological polar surface area (TPSA) is 79.7 Å². The highest BCUT2D eigenvalue weighted by Crippen LogP contribution is 2.27. The summed E-state index contributed by atoms with van der Waals surface area (Å²) in [4.78, 5) is 4.65. The number of fused-ring (bicyclic) bond motifs is 1. The maximum Gasteiger partial charge on any atom is 0.238 e. The molecule has 2 heterocycles. The quantitative estimate of drug-likeness (QED) is 0.783. The standard InChI is InChI=1S/C18H21N5O/c1-12-9-16(24-22-12)23-15-10-13(11-19)5-6-14(15)21-17(23)20-8-7-18(2,3)4/h5-6,9-10H,7-8H2,1-4H3,(H,20,21). The van der Waals surface area contributed by atoms with Crippen LogP contribution in [-0.4, -0.2) is 21.3 Å². The predicted octanol–water partition coefficient (Wildman–Crippen LogP) is 4.04. The number of aryl methyl sites for hydroxylation is 1. The lowest BCUT2D eigenvalue weighted by atomic mass is 9.92. The Morgan fingerprint density at radius 3 is 2.71 bits per heavy atom. The smallest absolute Gasteiger partial charge is 0.238 e. The van der Waals surface area contributed by atoms with Gasteiger partial charge >= 0.3 is 0 Å². The molecule has 6 nitrogen and oxygen atoms in total. The number of hydrogen-bond donors (Lipinski definition) is 1. The number of nitriles is 1. The van der Waals surface area contributed by atoms with E-state index >= 15 is 0 Å². The van der Waals surface area contributed by atoms with Gasteiger partial charge in [-0.25, -0.2) is 9.55 Å². The molecule has 1 aromatic carbocycles. The van der Waals surface area contributed by atoms with Gasteiger partial charge in [-0.3, -0.25) is 0 Å². The second-order valence-corrected chi connectivity index (χ2v) is 7.13. The van der Waals surface area contributed by atoms with E-state index < -0.39 is 0 Å². The lowest BCUT2D eigenvalue weighted by molar-refractivity contribution is 0.388. The average molecular weight is 323 g/mol. The van der Waals surface area contributed by atoms with E-state index in [1.165, 1.54) is 0 Å². The van der Waals surface area contributed by atoms with Crippen LogP contribution < -0.4 is 5.32 Å². The van der Waals surface area contributed by atoms with Gasteiger partial charge in [0.2, 0.25) is 11.8 Å². The summed E-state index contributed by atoms with van der Waals surface area (Å²) >= 11 is 0. The molecular formula is C18H21N5O. The monoisotopic (exact) mass is 323 g/mol. The maximum atomic E-state index is 9.17. The molecule has 0 radical (unpaired) electrons. The van der Waals surface area contributed by atoms with Gasteiger partial charge in [0.15, 0.2) is 0 Å². The van der Waals surface area contributed by atoms with Crippen molar-refractivity contribution in [2.45, 2.75) is 34.1 Å². The molecule has 3 rings (SSSR count). The van der Waals surface area contributed by atoms with E-state index in [-0.39, 0.29) is 5.41 Å². The molecule has 0 saturated carbocycles. The Bertz CT molecular complexity index is 908. The van der Waals surface area contributed by atoms with Crippen LogP contribution in [0, 0.1) is 23.7 Å². The first-order valence-electron chi connectivity index (χ1n) is 7.97. The summed E-state index contributed by atoms with van der Waals surface area (Å²) in [6, 6.07) is 9.46. The number of anilines is 1. The van der Waals surface area contributed by atoms with E-state index in [0.29, 0.717) is 17.4 Å². The zero-order valence-electron chi connectivity index (χ0n) is 14.4. The van der Waals surface area contributed by atoms with Gasteiger partial charge in [0.1, 0.15) is 0 Å². The summed E-state index contributed by atoms with van der Waals surface area (Å²) < 4.78 is 7.30. The van der Waals surface area contributed by atoms with E-state index in [1.54, 1.807) is 6.07 Å². The lowest BCUT2D eigenvalue weighted by Crippen LogP contribution is -2.14. The maximum absolute atomic E-state index is 9.17. The van der Waals surface area contributed by atoms with Crippen molar-refractivity contribution in [2.75, 3.05) is 11.9 Å². The summed E-state index contributed by atoms with van der Waals surface area (Å²) in [7, 11) is 0. The van der Waals surface area contributed by atoms with Crippen molar-refractivity contribution < 1.29 is 4.52 Å². The highest BCUT2D eigenvalue weighted by atomic mass is 16.5. The lowest BCUT2D eigenvalue weighted by Gasteiger charge is -2.18. The molecule has 0 fully saturated rings. The van der Waals surface area contributed by atoms with Crippen LogP contribution in [-0.2, 0) is 0 Å². The van der Waals surface area contributed by atoms with Crippen LogP contribution in [0.2, 0.25) is 0 Å². The van der Waals surface area contributed by atoms with Gasteiger partial charge in [0, 0.05) is 12.6 Å². The molecule has 0 spiro atoms. The Labute approximate surface area is 141 Å². The summed E-state index contributed by atoms with van der Waals surface area (Å²) in [5, 5.41) is 16.5. The molecular weight excluding hydrogens is 302 g/mol. The van der Waals surface area contributed by atoms with Crippen LogP contribution in [0.5, 0.6) is 0 Å². The van der Waals surface area contributed by atoms with E-state index in [0.717, 1.165) is 29.7 Å². The van der Waals surface area contributed by atoms with Crippen LogP contribution in [0.4, 0.5) is 5.95 Å². The van der Waals surface area contributed by atoms with Gasteiger partial charge in [0.25, 0.3) is 0 Å². The van der Waals surface area contributed by atoms with Crippen LogP contribution in [0.3, 0.4) is 0 Å². The minimum atomic E-state index is 0.237. The molecule has 0 amide bonds. The summed E-state index contributed by atoms with van der Waals surface area (Å²) in [5.74, 6) is 1.28. The molecule has 2 aromatic heterocycles. The van der Waals surface area contributed by atoms with Gasteiger partial charge in [-0.2, -0.15) is 5.26 Å². The highest BCUT2D eigenvalue weighted by molar-refractivity contribution is 5.82. The fraction of sp³-hybridized carbons (Fsp3) is 0.389. The van der Waals surface area contributed by atoms with Crippen LogP contribution in [0.15, 0.2) is 28.8 Å². The van der Waals surface area contributed by atoms with Crippen molar-refractivity contribution in [1.29, 1.82) is 5.26 Å². The SMILES string of the molecule is Cc1cc(-n2c(NCCC(C)(C)C)nc3ccc(C#N)cc32)on1. The van der Waals surface area contributed by atoms with Crippen molar-refractivity contribution in [3.05, 3.63) is 35.5 Å². The molecule has 3 aromatic rings. The number of rotatable bonds is 4. The number of aromatic nitrogens is 3. The Balaban J connectivity index is 2.05. The van der Waals surface area contributed by atoms with Crippen molar-refractivity contribution in [2.24, 2.45) is 5.41 Å². The van der Waals surface area contributed by atoms with E-state index in [2.05, 4.69) is 42.3 Å². The zero-order chi connectivity index (χ0) is 17.3. The Hall–Kier alpha value is -2.81. The van der Waals surface area contributed by atoms with E-state index in [1.807, 2.05) is 29.7 Å². The van der Waals surface area contributed by atoms with Gasteiger partial charge < -0.3 is 9.84 Å². The zero-order valence-corrected chi connectivity index (χ0v) is 14.4. The predicted molar refractivity (Wildman–Crippen MR) is 93.1 cm³/mol. The first kappa shape index (κ1) is 16.1. The number of imidazole rings is 1. The summed E-state index contributed by atoms with van der Waals surface area (Å²) in [5.41, 5.74) is 3.25. The second kappa shape index (κ2) is 6.00. The van der Waals surface area contributed by atoms with Gasteiger partial charge in [-0.1, -0.05) is 25.9 Å². The Kier molecular flexibility index (Phi) is 4.02. The molecule has 0 unspecified atom stereocenters. The molecule has 24 heavy (non-hydrogen) atoms. The molecule has 0 bridgehead atoms. The number of benzene rings is 1. The fourth-order valence-corrected chi connectivity index (χ4v) is 2.49. The third-order valence-electron chi connectivity index (χ3n) is 3.78. The van der Waals surface area contributed by atoms with Crippen LogP contribution >= 0.6 is 0 Å². The molecule has 0 aliphatic carbocycles. The number of hydrogen-bond acceptors (Lipinski definition) is 5. The minimum absolute atomic E-state index is 0.237. The molecule has 0 aliphatic rings. The van der Waals surface area contributed by atoms with Crippen LogP contribution in [0.1, 0.15) is 38.4 Å². The van der Waals surface area contributed by atoms with Gasteiger partial charge in [-0.15, -0.1) is 0 Å². The molecule has 1 N–H and O–H groups in total. The Morgan fingerprint density at radius 2 is 2.08 bits per heavy atom. The first-order valence-corrected chi connectivity index (χ1v) is 7.97. The van der Waals surface area contributed by atoms with E-state index in [9.17, 15) is 0 Å². The molecule has 0 aliphatic heterocycles. The second-order valence-electron chi connectivity index (χ2n) is 7.13. The van der Waals surface area contributed by atoms with Crippen molar-refractivity contribution >= 4 is 17.0 Å². The fourth-order valence-electron chi connectivity index (χ4n) is 2.49. The molecule has 0 saturated heterocycles. The Morgan fingerprint density at radius 1 is 1.29 bits per heavy atom. The molecule has 124 valence electrons. The first-order chi connectivity index (χ1) is 11.4. The normalized spacial score (nSPS) is 11.6. The third-order valence-corrected chi connectivity index (χ3v) is 3.78. The van der Waals surface area contributed by atoms with Gasteiger partial charge in [0.05, 0.1) is 28.4 Å². The van der Waals surface area contributed by atoms with Crippen molar-refractivity contribution in [3.63, 3.8) is 0 Å². The van der Waals surface area contributed by atoms with E-state index in [4.69, 9.17) is 9.78 Å². The summed E-state index contributed by atoms with van der Waals surface area (Å²) in [6.45, 7) is 9.29. The molecule has 6 heteroatoms. The average Bonchev–Trinajstić information content (AvgIpc) is 3.08. The number of nitrogens with zero attached hydrogens (tertiary/aromatic N) is 4. The van der Waals surface area contributed by atoms with Crippen LogP contribution in [0.25, 0.3) is 16.9 Å². The minimum Gasteiger partial charge on any atom is -0.355 e. The van der Waals surface area contributed by atoms with Crippen molar-refractivity contribution in [1.82, 2.24) is 14.7 Å². The number of nitrogens with one attached hydrogen (secondary N) is 1.